The molecule has 0 aliphatic carbocycles. The van der Waals surface area contributed by atoms with Crippen LogP contribution in [-0.2, 0) is 0 Å². The fourth-order valence-corrected chi connectivity index (χ4v) is 1.04. The Morgan fingerprint density at radius 2 is 2.25 bits per heavy atom. The van der Waals surface area contributed by atoms with Gasteiger partial charge < -0.3 is 0 Å². The van der Waals surface area contributed by atoms with Gasteiger partial charge in [-0.15, -0.1) is 10.2 Å². The molecule has 0 aromatic carbocycles. The summed E-state index contributed by atoms with van der Waals surface area (Å²) in [7, 11) is 0. The average molecular weight is 157 g/mol. The summed E-state index contributed by atoms with van der Waals surface area (Å²) in [5.41, 5.74) is 0.829. The van der Waals surface area contributed by atoms with E-state index in [-0.39, 0.29) is 0 Å². The fraction of sp³-hybridized carbons (Fsp3) is 0.111. The van der Waals surface area contributed by atoms with Crippen LogP contribution in [0.3, 0.4) is 0 Å². The average Bonchev–Trinajstić information content (AvgIpc) is 2.50. The Kier molecular flexibility index (Phi) is 1.52. The van der Waals surface area contributed by atoms with Gasteiger partial charge in [-0.05, 0) is 25.0 Å². The number of fused-ring (bicyclic) bond motifs is 1. The predicted octanol–water partition coefficient (Wildman–Crippen LogP) is 1.10. The van der Waals surface area contributed by atoms with E-state index in [1.54, 1.807) is 6.92 Å². The van der Waals surface area contributed by atoms with Crippen LogP contribution in [0.5, 0.6) is 0 Å². The zero-order valence-corrected chi connectivity index (χ0v) is 6.65. The van der Waals surface area contributed by atoms with E-state index in [1.165, 1.54) is 0 Å². The summed E-state index contributed by atoms with van der Waals surface area (Å²) in [5, 5.41) is 7.87. The van der Waals surface area contributed by atoms with Crippen LogP contribution in [0.25, 0.3) is 5.65 Å². The first-order valence-electron chi connectivity index (χ1n) is 3.64. The largest absolute Gasteiger partial charge is 0.276 e. The molecular formula is C9H7N3. The molecule has 58 valence electrons. The van der Waals surface area contributed by atoms with E-state index >= 15 is 0 Å². The Bertz CT molecular complexity index is 459. The SMILES string of the molecule is CC#Cc1nnc2ccccn12. The van der Waals surface area contributed by atoms with Gasteiger partial charge in [-0.25, -0.2) is 0 Å². The monoisotopic (exact) mass is 157 g/mol. The van der Waals surface area contributed by atoms with Crippen LogP contribution in [0, 0.1) is 11.8 Å². The minimum absolute atomic E-state index is 0.688. The van der Waals surface area contributed by atoms with Crippen molar-refractivity contribution in [2.45, 2.75) is 6.92 Å². The molecule has 2 rings (SSSR count). The Morgan fingerprint density at radius 1 is 1.33 bits per heavy atom. The Hall–Kier alpha value is -1.82. The molecule has 0 aliphatic heterocycles. The lowest BCUT2D eigenvalue weighted by Gasteiger charge is -1.89. The van der Waals surface area contributed by atoms with E-state index in [2.05, 4.69) is 22.0 Å². The molecule has 0 aliphatic rings. The second-order valence-corrected chi connectivity index (χ2v) is 2.33. The van der Waals surface area contributed by atoms with E-state index in [0.717, 1.165) is 5.65 Å². The molecule has 0 spiro atoms. The van der Waals surface area contributed by atoms with Crippen LogP contribution in [0.4, 0.5) is 0 Å². The smallest absolute Gasteiger partial charge is 0.212 e. The molecule has 3 nitrogen and oxygen atoms in total. The summed E-state index contributed by atoms with van der Waals surface area (Å²) in [6, 6.07) is 5.75. The number of nitrogens with zero attached hydrogens (tertiary/aromatic N) is 3. The van der Waals surface area contributed by atoms with E-state index in [4.69, 9.17) is 0 Å². The number of hydrogen-bond donors (Lipinski definition) is 0. The Morgan fingerprint density at radius 3 is 3.08 bits per heavy atom. The van der Waals surface area contributed by atoms with Gasteiger partial charge in [0.05, 0.1) is 0 Å². The van der Waals surface area contributed by atoms with Crippen LogP contribution >= 0.6 is 0 Å². The minimum atomic E-state index is 0.688. The summed E-state index contributed by atoms with van der Waals surface area (Å²) < 4.78 is 1.86. The summed E-state index contributed by atoms with van der Waals surface area (Å²) in [5.74, 6) is 6.35. The molecule has 0 radical (unpaired) electrons. The van der Waals surface area contributed by atoms with Crippen molar-refractivity contribution < 1.29 is 0 Å². The molecule has 3 heteroatoms. The minimum Gasteiger partial charge on any atom is -0.276 e. The molecule has 0 bridgehead atoms. The Balaban J connectivity index is 2.76. The van der Waals surface area contributed by atoms with Crippen molar-refractivity contribution in [1.29, 1.82) is 0 Å². The van der Waals surface area contributed by atoms with Crippen molar-refractivity contribution in [2.75, 3.05) is 0 Å². The molecule has 0 atom stereocenters. The molecule has 0 saturated carbocycles. The zero-order valence-electron chi connectivity index (χ0n) is 6.65. The number of rotatable bonds is 0. The van der Waals surface area contributed by atoms with E-state index < -0.39 is 0 Å². The normalized spacial score (nSPS) is 9.42. The fourth-order valence-electron chi connectivity index (χ4n) is 1.04. The van der Waals surface area contributed by atoms with Crippen LogP contribution in [0.15, 0.2) is 24.4 Å². The van der Waals surface area contributed by atoms with Gasteiger partial charge in [0.25, 0.3) is 0 Å². The second kappa shape index (κ2) is 2.67. The maximum atomic E-state index is 3.95. The first-order valence-corrected chi connectivity index (χ1v) is 3.64. The van der Waals surface area contributed by atoms with E-state index in [9.17, 15) is 0 Å². The topological polar surface area (TPSA) is 30.2 Å². The van der Waals surface area contributed by atoms with E-state index in [0.29, 0.717) is 5.82 Å². The van der Waals surface area contributed by atoms with E-state index in [1.807, 2.05) is 28.8 Å². The third-order valence-electron chi connectivity index (χ3n) is 1.55. The molecule has 2 aromatic rings. The van der Waals surface area contributed by atoms with Crippen LogP contribution in [0.2, 0.25) is 0 Å². The molecule has 0 fully saturated rings. The van der Waals surface area contributed by atoms with Crippen molar-refractivity contribution in [3.8, 4) is 11.8 Å². The maximum absolute atomic E-state index is 3.95. The lowest BCUT2D eigenvalue weighted by atomic mass is 10.4. The molecular weight excluding hydrogens is 150 g/mol. The van der Waals surface area contributed by atoms with Crippen LogP contribution in [0.1, 0.15) is 12.7 Å². The second-order valence-electron chi connectivity index (χ2n) is 2.33. The van der Waals surface area contributed by atoms with Crippen molar-refractivity contribution in [3.63, 3.8) is 0 Å². The van der Waals surface area contributed by atoms with Crippen LogP contribution < -0.4 is 0 Å². The van der Waals surface area contributed by atoms with Crippen molar-refractivity contribution >= 4 is 5.65 Å². The Labute approximate surface area is 70.1 Å². The van der Waals surface area contributed by atoms with Crippen molar-refractivity contribution in [3.05, 3.63) is 30.2 Å². The molecule has 0 N–H and O–H groups in total. The molecule has 2 aromatic heterocycles. The van der Waals surface area contributed by atoms with Gasteiger partial charge in [-0.1, -0.05) is 12.0 Å². The molecule has 0 amide bonds. The predicted molar refractivity (Wildman–Crippen MR) is 45.5 cm³/mol. The summed E-state index contributed by atoms with van der Waals surface area (Å²) >= 11 is 0. The number of pyridine rings is 1. The molecule has 12 heavy (non-hydrogen) atoms. The number of aromatic nitrogens is 3. The lowest BCUT2D eigenvalue weighted by molar-refractivity contribution is 1.07. The highest BCUT2D eigenvalue weighted by molar-refractivity contribution is 5.40. The maximum Gasteiger partial charge on any atom is 0.212 e. The van der Waals surface area contributed by atoms with Gasteiger partial charge in [0.15, 0.2) is 5.65 Å². The van der Waals surface area contributed by atoms with Gasteiger partial charge in [0.2, 0.25) is 5.82 Å². The highest BCUT2D eigenvalue weighted by Gasteiger charge is 1.98. The summed E-state index contributed by atoms with van der Waals surface area (Å²) in [6.45, 7) is 1.78. The quantitative estimate of drug-likeness (QED) is 0.536. The highest BCUT2D eigenvalue weighted by Crippen LogP contribution is 2.00. The highest BCUT2D eigenvalue weighted by atomic mass is 15.2. The van der Waals surface area contributed by atoms with Gasteiger partial charge in [0.1, 0.15) is 0 Å². The third-order valence-corrected chi connectivity index (χ3v) is 1.55. The molecule has 2 heterocycles. The van der Waals surface area contributed by atoms with Crippen LogP contribution in [-0.4, -0.2) is 14.6 Å². The molecule has 0 unspecified atom stereocenters. The first kappa shape index (κ1) is 6.86. The third kappa shape index (κ3) is 0.940. The first-order chi connectivity index (χ1) is 5.92. The van der Waals surface area contributed by atoms with Crippen molar-refractivity contribution in [2.24, 2.45) is 0 Å². The standard InChI is InChI=1S/C9H7N3/c1-2-5-8-10-11-9-6-3-4-7-12(8)9/h3-4,6-7H,1H3. The zero-order chi connectivity index (χ0) is 8.39. The summed E-state index contributed by atoms with van der Waals surface area (Å²) in [4.78, 5) is 0. The molecule has 0 saturated heterocycles. The van der Waals surface area contributed by atoms with Gasteiger partial charge in [0, 0.05) is 6.20 Å². The summed E-state index contributed by atoms with van der Waals surface area (Å²) in [6.07, 6.45) is 1.90. The van der Waals surface area contributed by atoms with Gasteiger partial charge in [-0.2, -0.15) is 0 Å². The van der Waals surface area contributed by atoms with Gasteiger partial charge >= 0.3 is 0 Å². The van der Waals surface area contributed by atoms with Crippen molar-refractivity contribution in [1.82, 2.24) is 14.6 Å². The van der Waals surface area contributed by atoms with Gasteiger partial charge in [-0.3, -0.25) is 4.40 Å². The number of hydrogen-bond acceptors (Lipinski definition) is 2. The lowest BCUT2D eigenvalue weighted by Crippen LogP contribution is -1.86.